The van der Waals surface area contributed by atoms with Gasteiger partial charge in [-0.3, -0.25) is 0 Å². The summed E-state index contributed by atoms with van der Waals surface area (Å²) in [5, 5.41) is 10.1. The monoisotopic (exact) mass is 584 g/mol. The number of hydrogen-bond acceptors (Lipinski definition) is 3. The molecule has 0 fully saturated rings. The lowest BCUT2D eigenvalue weighted by atomic mass is 9.93. The van der Waals surface area contributed by atoms with Gasteiger partial charge in [0.25, 0.3) is 0 Å². The summed E-state index contributed by atoms with van der Waals surface area (Å²) in [5.74, 6) is 0.967. The molecule has 1 aromatic heterocycles. The van der Waals surface area contributed by atoms with Crippen LogP contribution in [0.5, 0.6) is 0 Å². The zero-order chi connectivity index (χ0) is 30.5. The lowest BCUT2D eigenvalue weighted by molar-refractivity contribution is 0.580. The van der Waals surface area contributed by atoms with Crippen LogP contribution in [-0.4, -0.2) is 0 Å². The third-order valence-electron chi connectivity index (χ3n) is 8.72. The lowest BCUT2D eigenvalue weighted by Gasteiger charge is -2.14. The Bertz CT molecular complexity index is 1180. The highest BCUT2D eigenvalue weighted by atomic mass is 16.3. The molecule has 0 amide bonds. The quantitative estimate of drug-likeness (QED) is 0.0807. The first-order chi connectivity index (χ1) is 21.2. The number of benzene rings is 2. The Morgan fingerprint density at radius 3 is 1.58 bits per heavy atom. The van der Waals surface area contributed by atoms with Gasteiger partial charge in [-0.1, -0.05) is 117 Å². The number of furan rings is 1. The fraction of sp³-hybridized carbons (Fsp3) is 0.600. The van der Waals surface area contributed by atoms with E-state index in [1.54, 1.807) is 6.26 Å². The number of unbranched alkanes of at least 4 members (excludes halogenated alkanes) is 12. The maximum Gasteiger partial charge on any atom is 0.134 e. The topological polar surface area (TPSA) is 37.9 Å². The molecule has 3 heteroatoms. The number of nitrogens with zero attached hydrogens (tertiary/aromatic N) is 2. The van der Waals surface area contributed by atoms with Gasteiger partial charge in [0.15, 0.2) is 0 Å². The van der Waals surface area contributed by atoms with Crippen molar-refractivity contribution < 1.29 is 4.42 Å². The van der Waals surface area contributed by atoms with Gasteiger partial charge in [0.2, 0.25) is 0 Å². The van der Waals surface area contributed by atoms with Crippen molar-refractivity contribution in [2.24, 2.45) is 10.2 Å². The molecule has 0 aliphatic rings. The summed E-state index contributed by atoms with van der Waals surface area (Å²) in [6.45, 7) is 9.11. The average Bonchev–Trinajstić information content (AvgIpc) is 3.57. The molecule has 0 N–H and O–H groups in total. The Kier molecular flexibility index (Phi) is 17.1. The first-order valence-corrected chi connectivity index (χ1v) is 17.9. The fourth-order valence-electron chi connectivity index (χ4n) is 6.00. The van der Waals surface area contributed by atoms with Gasteiger partial charge >= 0.3 is 0 Å². The first kappa shape index (κ1) is 34.8. The van der Waals surface area contributed by atoms with Gasteiger partial charge in [0.05, 0.1) is 17.6 Å². The molecule has 236 valence electrons. The van der Waals surface area contributed by atoms with Gasteiger partial charge in [-0.2, -0.15) is 10.2 Å². The minimum absolute atomic E-state index is 0.967. The predicted molar refractivity (Wildman–Crippen MR) is 186 cm³/mol. The molecule has 43 heavy (non-hydrogen) atoms. The summed E-state index contributed by atoms with van der Waals surface area (Å²) in [7, 11) is 0. The lowest BCUT2D eigenvalue weighted by Crippen LogP contribution is -1.95. The van der Waals surface area contributed by atoms with E-state index in [0.717, 1.165) is 42.8 Å². The van der Waals surface area contributed by atoms with Crippen LogP contribution >= 0.6 is 0 Å². The van der Waals surface area contributed by atoms with Gasteiger partial charge in [0.1, 0.15) is 5.76 Å². The molecule has 3 aromatic rings. The summed E-state index contributed by atoms with van der Waals surface area (Å²) in [6, 6.07) is 15.8. The van der Waals surface area contributed by atoms with Crippen LogP contribution in [0.2, 0.25) is 0 Å². The molecule has 0 radical (unpaired) electrons. The van der Waals surface area contributed by atoms with E-state index < -0.39 is 0 Å². The van der Waals surface area contributed by atoms with Crippen LogP contribution in [0.25, 0.3) is 11.3 Å². The minimum Gasteiger partial charge on any atom is -0.464 e. The number of azo groups is 1. The largest absolute Gasteiger partial charge is 0.464 e. The molecule has 0 atom stereocenters. The van der Waals surface area contributed by atoms with Gasteiger partial charge in [-0.05, 0) is 104 Å². The van der Waals surface area contributed by atoms with Crippen molar-refractivity contribution in [2.75, 3.05) is 0 Å². The van der Waals surface area contributed by atoms with Gasteiger partial charge < -0.3 is 4.42 Å². The van der Waals surface area contributed by atoms with Crippen molar-refractivity contribution in [2.45, 2.75) is 156 Å². The van der Waals surface area contributed by atoms with Gasteiger partial charge in [0, 0.05) is 5.56 Å². The second kappa shape index (κ2) is 21.1. The van der Waals surface area contributed by atoms with Crippen LogP contribution in [0.15, 0.2) is 63.4 Å². The Labute approximate surface area is 264 Å². The summed E-state index contributed by atoms with van der Waals surface area (Å²) < 4.78 is 5.93. The number of hydrogen-bond donors (Lipinski definition) is 0. The van der Waals surface area contributed by atoms with Crippen LogP contribution in [0.4, 0.5) is 11.4 Å². The number of rotatable bonds is 23. The molecule has 3 rings (SSSR count). The highest BCUT2D eigenvalue weighted by Gasteiger charge is 2.14. The Morgan fingerprint density at radius 2 is 1.02 bits per heavy atom. The summed E-state index contributed by atoms with van der Waals surface area (Å²) in [6.07, 6.45) is 26.2. The first-order valence-electron chi connectivity index (χ1n) is 17.9. The van der Waals surface area contributed by atoms with Crippen molar-refractivity contribution in [1.29, 1.82) is 0 Å². The van der Waals surface area contributed by atoms with Crippen molar-refractivity contribution in [3.63, 3.8) is 0 Å². The molecule has 0 aliphatic heterocycles. The van der Waals surface area contributed by atoms with E-state index in [1.807, 2.05) is 6.07 Å². The summed E-state index contributed by atoms with van der Waals surface area (Å²) in [4.78, 5) is 0. The summed E-state index contributed by atoms with van der Waals surface area (Å²) in [5.41, 5.74) is 8.71. The third-order valence-corrected chi connectivity index (χ3v) is 8.72. The molecule has 2 aromatic carbocycles. The molecular weight excluding hydrogens is 524 g/mol. The van der Waals surface area contributed by atoms with E-state index in [4.69, 9.17) is 14.6 Å². The van der Waals surface area contributed by atoms with Crippen LogP contribution in [-0.2, 0) is 25.7 Å². The molecule has 3 nitrogen and oxygen atoms in total. The maximum absolute atomic E-state index is 5.93. The fourth-order valence-corrected chi connectivity index (χ4v) is 6.00. The highest BCUT2D eigenvalue weighted by molar-refractivity contribution is 5.68. The predicted octanol–water partition coefficient (Wildman–Crippen LogP) is 13.9. The Hall–Kier alpha value is -2.68. The van der Waals surface area contributed by atoms with Crippen LogP contribution in [0, 0.1) is 0 Å². The standard InChI is InChI=1S/C40H60N2O/c1-5-9-13-17-22-33-27-28-34(23-18-14-10-6-2)38(30-33)41-42-39-32-35(24-19-15-11-7-3)37(40-26-21-29-43-40)31-36(39)25-20-16-12-8-4/h21,26-32H,5-20,22-25H2,1-4H3. The van der Waals surface area contributed by atoms with Gasteiger partial charge in [-0.15, -0.1) is 0 Å². The second-order valence-electron chi connectivity index (χ2n) is 12.5. The molecule has 0 bridgehead atoms. The number of aryl methyl sites for hydroxylation is 4. The third kappa shape index (κ3) is 12.5. The SMILES string of the molecule is CCCCCCc1ccc(CCCCCC)c(N=Nc2cc(CCCCCC)c(-c3ccco3)cc2CCCCCC)c1. The maximum atomic E-state index is 5.93. The van der Waals surface area contributed by atoms with Crippen LogP contribution < -0.4 is 0 Å². The smallest absolute Gasteiger partial charge is 0.134 e. The Balaban J connectivity index is 1.96. The van der Waals surface area contributed by atoms with Crippen molar-refractivity contribution >= 4 is 11.4 Å². The van der Waals surface area contributed by atoms with Crippen molar-refractivity contribution in [3.05, 3.63) is 71.0 Å². The molecule has 0 saturated carbocycles. The summed E-state index contributed by atoms with van der Waals surface area (Å²) >= 11 is 0. The minimum atomic E-state index is 0.967. The highest BCUT2D eigenvalue weighted by Crippen LogP contribution is 2.35. The molecule has 0 spiro atoms. The van der Waals surface area contributed by atoms with Crippen LogP contribution in [0.1, 0.15) is 153 Å². The van der Waals surface area contributed by atoms with Crippen molar-refractivity contribution in [3.8, 4) is 11.3 Å². The van der Waals surface area contributed by atoms with E-state index in [-0.39, 0.29) is 0 Å². The zero-order valence-corrected chi connectivity index (χ0v) is 28.1. The normalized spacial score (nSPS) is 11.6. The van der Waals surface area contributed by atoms with Crippen LogP contribution in [0.3, 0.4) is 0 Å². The zero-order valence-electron chi connectivity index (χ0n) is 28.1. The molecular formula is C40H60N2O. The molecule has 0 unspecified atom stereocenters. The van der Waals surface area contributed by atoms with E-state index >= 15 is 0 Å². The van der Waals surface area contributed by atoms with E-state index in [2.05, 4.69) is 64.1 Å². The van der Waals surface area contributed by atoms with Crippen molar-refractivity contribution in [1.82, 2.24) is 0 Å². The second-order valence-corrected chi connectivity index (χ2v) is 12.5. The van der Waals surface area contributed by atoms with E-state index in [0.29, 0.717) is 0 Å². The average molecular weight is 585 g/mol. The van der Waals surface area contributed by atoms with E-state index in [1.165, 1.54) is 131 Å². The molecule has 1 heterocycles. The van der Waals surface area contributed by atoms with Gasteiger partial charge in [-0.25, -0.2) is 0 Å². The molecule has 0 saturated heterocycles. The van der Waals surface area contributed by atoms with E-state index in [9.17, 15) is 0 Å². The molecule has 0 aliphatic carbocycles. The Morgan fingerprint density at radius 1 is 0.488 bits per heavy atom.